The first-order chi connectivity index (χ1) is 11.9. The van der Waals surface area contributed by atoms with Crippen LogP contribution in [-0.2, 0) is 22.4 Å². The van der Waals surface area contributed by atoms with Crippen LogP contribution in [0.5, 0.6) is 0 Å². The van der Waals surface area contributed by atoms with E-state index in [0.29, 0.717) is 24.5 Å². The molecule has 1 unspecified atom stereocenters. The molecule has 0 aromatic heterocycles. The fraction of sp³-hybridized carbons (Fsp3) is 0.611. The zero-order valence-electron chi connectivity index (χ0n) is 14.1. The molecule has 1 atom stereocenters. The molecule has 0 bridgehead atoms. The van der Waals surface area contributed by atoms with Crippen molar-refractivity contribution in [3.8, 4) is 0 Å². The van der Waals surface area contributed by atoms with Crippen LogP contribution >= 0.6 is 0 Å². The van der Waals surface area contributed by atoms with E-state index in [-0.39, 0.29) is 6.54 Å². The Kier molecular flexibility index (Phi) is 7.62. The van der Waals surface area contributed by atoms with E-state index in [1.807, 2.05) is 29.6 Å². The number of aryl methyl sites for hydroxylation is 1. The van der Waals surface area contributed by atoms with Gasteiger partial charge in [-0.25, -0.2) is 0 Å². The Balaban J connectivity index is 1.79. The number of alkyl halides is 3. The molecule has 0 saturated heterocycles. The fourth-order valence-electron chi connectivity index (χ4n) is 3.10. The summed E-state index contributed by atoms with van der Waals surface area (Å²) < 4.78 is 48.8. The molecule has 1 aromatic carbocycles. The standard InChI is InChI=1S/C18H24F3NO2S/c19-18(20,21)17(23)22-11-5-9-14-8-4-10-16(12-14)25(24)13-15-6-2-1-3-7-15/h4,8,10,12,15H,1-3,5-7,9,11,13H2,(H,22,23). The van der Waals surface area contributed by atoms with Gasteiger partial charge in [-0.3, -0.25) is 4.79 Å². The van der Waals surface area contributed by atoms with Crippen molar-refractivity contribution in [1.29, 1.82) is 0 Å². The Morgan fingerprint density at radius 2 is 1.96 bits per heavy atom. The Hall–Kier alpha value is -1.21. The quantitative estimate of drug-likeness (QED) is 0.579. The highest BCUT2D eigenvalue weighted by atomic mass is 32.2. The summed E-state index contributed by atoms with van der Waals surface area (Å²) in [6.07, 6.45) is 2.08. The molecule has 25 heavy (non-hydrogen) atoms. The van der Waals surface area contributed by atoms with Crippen molar-refractivity contribution in [3.05, 3.63) is 29.8 Å². The number of nitrogens with one attached hydrogen (secondary N) is 1. The molecule has 1 aliphatic carbocycles. The van der Waals surface area contributed by atoms with Crippen LogP contribution in [-0.4, -0.2) is 28.9 Å². The fourth-order valence-corrected chi connectivity index (χ4v) is 4.57. The van der Waals surface area contributed by atoms with Crippen molar-refractivity contribution in [3.63, 3.8) is 0 Å². The van der Waals surface area contributed by atoms with Crippen LogP contribution in [0, 0.1) is 5.92 Å². The van der Waals surface area contributed by atoms with E-state index in [0.717, 1.165) is 23.3 Å². The maximum Gasteiger partial charge on any atom is 0.471 e. The van der Waals surface area contributed by atoms with E-state index in [4.69, 9.17) is 0 Å². The number of carbonyl (C=O) groups is 1. The molecule has 0 radical (unpaired) electrons. The van der Waals surface area contributed by atoms with Gasteiger partial charge in [0.2, 0.25) is 0 Å². The molecule has 1 N–H and O–H groups in total. The number of amides is 1. The van der Waals surface area contributed by atoms with Gasteiger partial charge in [0.15, 0.2) is 4.90 Å². The number of halogens is 3. The average molecular weight is 375 g/mol. The number of hydrogen-bond acceptors (Lipinski definition) is 2. The van der Waals surface area contributed by atoms with Crippen molar-refractivity contribution < 1.29 is 22.5 Å². The lowest BCUT2D eigenvalue weighted by Gasteiger charge is -2.22. The lowest BCUT2D eigenvalue weighted by atomic mass is 9.91. The van der Waals surface area contributed by atoms with Gasteiger partial charge in [0.25, 0.3) is 0 Å². The largest absolute Gasteiger partial charge is 0.611 e. The van der Waals surface area contributed by atoms with Gasteiger partial charge in [0, 0.05) is 12.5 Å². The summed E-state index contributed by atoms with van der Waals surface area (Å²) in [6.45, 7) is -0.0340. The zero-order chi connectivity index (χ0) is 18.3. The molecule has 1 fully saturated rings. The van der Waals surface area contributed by atoms with E-state index in [1.165, 1.54) is 19.3 Å². The van der Waals surface area contributed by atoms with Crippen molar-refractivity contribution in [2.45, 2.75) is 56.0 Å². The summed E-state index contributed by atoms with van der Waals surface area (Å²) in [5.74, 6) is -0.698. The average Bonchev–Trinajstić information content (AvgIpc) is 2.59. The number of hydrogen-bond donors (Lipinski definition) is 1. The van der Waals surface area contributed by atoms with E-state index in [2.05, 4.69) is 0 Å². The van der Waals surface area contributed by atoms with E-state index < -0.39 is 23.3 Å². The molecule has 1 amide bonds. The summed E-state index contributed by atoms with van der Waals surface area (Å²) in [6, 6.07) is 7.41. The van der Waals surface area contributed by atoms with Gasteiger partial charge in [-0.1, -0.05) is 31.4 Å². The second-order valence-corrected chi connectivity index (χ2v) is 8.02. The molecular weight excluding hydrogens is 351 g/mol. The Morgan fingerprint density at radius 3 is 2.64 bits per heavy atom. The van der Waals surface area contributed by atoms with E-state index >= 15 is 0 Å². The Morgan fingerprint density at radius 1 is 1.24 bits per heavy atom. The highest BCUT2D eigenvalue weighted by molar-refractivity contribution is 7.91. The first-order valence-corrected chi connectivity index (χ1v) is 10.0. The van der Waals surface area contributed by atoms with Gasteiger partial charge >= 0.3 is 12.1 Å². The molecule has 3 nitrogen and oxygen atoms in total. The van der Waals surface area contributed by atoms with Gasteiger partial charge in [-0.2, -0.15) is 13.2 Å². The third-order valence-corrected chi connectivity index (χ3v) is 6.01. The predicted octanol–water partition coefficient (Wildman–Crippen LogP) is 3.99. The lowest BCUT2D eigenvalue weighted by molar-refractivity contribution is -0.173. The van der Waals surface area contributed by atoms with Crippen LogP contribution in [0.4, 0.5) is 13.2 Å². The summed E-state index contributed by atoms with van der Waals surface area (Å²) in [5.41, 5.74) is 0.927. The minimum absolute atomic E-state index is 0.0340. The van der Waals surface area contributed by atoms with Gasteiger partial charge < -0.3 is 9.87 Å². The van der Waals surface area contributed by atoms with Crippen molar-refractivity contribution in [2.24, 2.45) is 5.92 Å². The molecule has 0 spiro atoms. The van der Waals surface area contributed by atoms with Crippen molar-refractivity contribution in [2.75, 3.05) is 12.3 Å². The number of benzene rings is 1. The summed E-state index contributed by atoms with van der Waals surface area (Å²) in [7, 11) is 0. The number of carbonyl (C=O) groups excluding carboxylic acids is 1. The molecule has 140 valence electrons. The van der Waals surface area contributed by atoms with E-state index in [9.17, 15) is 22.5 Å². The van der Waals surface area contributed by atoms with E-state index in [1.54, 1.807) is 0 Å². The summed E-state index contributed by atoms with van der Waals surface area (Å²) >= 11 is -1.04. The minimum atomic E-state index is -4.84. The van der Waals surface area contributed by atoms with Gasteiger partial charge in [-0.05, 0) is 54.6 Å². The van der Waals surface area contributed by atoms with Crippen molar-refractivity contribution in [1.82, 2.24) is 5.32 Å². The zero-order valence-corrected chi connectivity index (χ0v) is 14.9. The molecule has 0 aliphatic heterocycles. The second kappa shape index (κ2) is 9.48. The highest BCUT2D eigenvalue weighted by Crippen LogP contribution is 2.27. The normalized spacial score (nSPS) is 17.3. The SMILES string of the molecule is O=C(NCCCc1cccc([S+]([O-])CC2CCCCC2)c1)C(F)(F)F. The molecule has 1 saturated carbocycles. The highest BCUT2D eigenvalue weighted by Gasteiger charge is 2.38. The number of rotatable bonds is 7. The van der Waals surface area contributed by atoms with Crippen LogP contribution < -0.4 is 5.32 Å². The monoisotopic (exact) mass is 375 g/mol. The molecule has 2 rings (SSSR count). The minimum Gasteiger partial charge on any atom is -0.611 e. The third-order valence-electron chi connectivity index (χ3n) is 4.46. The van der Waals surface area contributed by atoms with Crippen LogP contribution in [0.1, 0.15) is 44.1 Å². The first kappa shape index (κ1) is 20.1. The summed E-state index contributed by atoms with van der Waals surface area (Å²) in [4.78, 5) is 11.5. The molecular formula is C18H24F3NO2S. The van der Waals surface area contributed by atoms with Crippen molar-refractivity contribution >= 4 is 17.1 Å². The van der Waals surface area contributed by atoms with Gasteiger partial charge in [-0.15, -0.1) is 0 Å². The first-order valence-electron chi connectivity index (χ1n) is 8.68. The van der Waals surface area contributed by atoms with Gasteiger partial charge in [0.1, 0.15) is 5.75 Å². The van der Waals surface area contributed by atoms with Gasteiger partial charge in [0.05, 0.1) is 0 Å². The Labute approximate surface area is 149 Å². The lowest BCUT2D eigenvalue weighted by Crippen LogP contribution is -2.37. The predicted molar refractivity (Wildman–Crippen MR) is 91.7 cm³/mol. The third kappa shape index (κ3) is 6.90. The van der Waals surface area contributed by atoms with Crippen LogP contribution in [0.15, 0.2) is 29.2 Å². The van der Waals surface area contributed by atoms with Crippen LogP contribution in [0.25, 0.3) is 0 Å². The Bertz CT molecular complexity index is 559. The maximum atomic E-state index is 12.5. The molecule has 7 heteroatoms. The smallest absolute Gasteiger partial charge is 0.471 e. The topological polar surface area (TPSA) is 52.2 Å². The molecule has 1 aliphatic rings. The molecule has 1 aromatic rings. The van der Waals surface area contributed by atoms with Crippen LogP contribution in [0.2, 0.25) is 0 Å². The maximum absolute atomic E-state index is 12.5. The van der Waals surface area contributed by atoms with Crippen LogP contribution in [0.3, 0.4) is 0 Å². The second-order valence-electron chi connectivity index (χ2n) is 6.52. The summed E-state index contributed by atoms with van der Waals surface area (Å²) in [5, 5.41) is 1.86. The molecule has 0 heterocycles.